The molecule has 238 valence electrons. The van der Waals surface area contributed by atoms with Crippen molar-refractivity contribution in [1.82, 2.24) is 0 Å². The molecule has 0 amide bonds. The second-order valence-electron chi connectivity index (χ2n) is 12.3. The Balaban J connectivity index is 1.37. The largest absolute Gasteiger partial charge is 0.394 e. The van der Waals surface area contributed by atoms with Crippen LogP contribution in [0.3, 0.4) is 0 Å². The maximum Gasteiger partial charge on any atom is 0.187 e. The lowest BCUT2D eigenvalue weighted by atomic mass is 9.74. The number of hydrogen-bond acceptors (Lipinski definition) is 14. The average Bonchev–Trinajstić information content (AvgIpc) is 2.97. The Labute approximate surface area is 238 Å². The van der Waals surface area contributed by atoms with Gasteiger partial charge in [-0.3, -0.25) is 0 Å². The Kier molecular flexibility index (Phi) is 10.6. The number of hydrogen-bond donors (Lipinski definition) is 9. The molecule has 0 spiro atoms. The van der Waals surface area contributed by atoms with Crippen molar-refractivity contribution in [3.8, 4) is 0 Å². The fourth-order valence-corrected chi connectivity index (χ4v) is 7.12. The van der Waals surface area contributed by atoms with Crippen molar-refractivity contribution >= 4 is 0 Å². The zero-order valence-corrected chi connectivity index (χ0v) is 23.0. The molecule has 0 bridgehead atoms. The predicted molar refractivity (Wildman–Crippen MR) is 136 cm³/mol. The summed E-state index contributed by atoms with van der Waals surface area (Å²) in [5.41, 5.74) is 0. The van der Waals surface area contributed by atoms with E-state index >= 15 is 0 Å². The lowest BCUT2D eigenvalue weighted by molar-refractivity contribution is -0.378. The first-order valence-corrected chi connectivity index (χ1v) is 14.9. The van der Waals surface area contributed by atoms with Crippen molar-refractivity contribution in [2.75, 3.05) is 13.2 Å². The summed E-state index contributed by atoms with van der Waals surface area (Å²) in [5.74, 6) is 0.160. The molecule has 41 heavy (non-hydrogen) atoms. The summed E-state index contributed by atoms with van der Waals surface area (Å²) >= 11 is 0. The maximum absolute atomic E-state index is 11.0. The van der Waals surface area contributed by atoms with Crippen LogP contribution >= 0.6 is 0 Å². The number of fused-ring (bicyclic) bond motifs is 1. The van der Waals surface area contributed by atoms with Crippen molar-refractivity contribution < 1.29 is 69.6 Å². The summed E-state index contributed by atoms with van der Waals surface area (Å²) in [5, 5.41) is 92.2. The third-order valence-electron chi connectivity index (χ3n) is 9.61. The van der Waals surface area contributed by atoms with Crippen LogP contribution in [-0.4, -0.2) is 151 Å². The van der Waals surface area contributed by atoms with Crippen molar-refractivity contribution in [2.45, 2.75) is 143 Å². The highest BCUT2D eigenvalue weighted by Crippen LogP contribution is 2.43. The number of aliphatic hydroxyl groups excluding tert-OH is 9. The van der Waals surface area contributed by atoms with Gasteiger partial charge in [0.25, 0.3) is 0 Å². The van der Waals surface area contributed by atoms with Crippen LogP contribution in [0, 0.1) is 11.8 Å². The predicted octanol–water partition coefficient (Wildman–Crippen LogP) is -3.13. The van der Waals surface area contributed by atoms with Gasteiger partial charge in [0.2, 0.25) is 0 Å². The third kappa shape index (κ3) is 6.76. The van der Waals surface area contributed by atoms with Gasteiger partial charge in [0.15, 0.2) is 12.6 Å². The van der Waals surface area contributed by atoms with E-state index in [1.54, 1.807) is 0 Å². The molecule has 2 saturated carbocycles. The van der Waals surface area contributed by atoms with Crippen LogP contribution in [0.2, 0.25) is 0 Å². The first-order chi connectivity index (χ1) is 19.6. The van der Waals surface area contributed by atoms with Crippen LogP contribution in [0.1, 0.15) is 51.4 Å². The molecule has 3 aliphatic heterocycles. The van der Waals surface area contributed by atoms with E-state index < -0.39 is 92.9 Å². The fraction of sp³-hybridized carbons (Fsp3) is 1.00. The van der Waals surface area contributed by atoms with Gasteiger partial charge in [0, 0.05) is 0 Å². The molecule has 5 fully saturated rings. The number of aliphatic hydroxyl groups is 9. The monoisotopic (exact) mass is 594 g/mol. The highest BCUT2D eigenvalue weighted by atomic mass is 16.8. The Morgan fingerprint density at radius 2 is 1.12 bits per heavy atom. The van der Waals surface area contributed by atoms with Crippen LogP contribution < -0.4 is 0 Å². The molecular formula is C27H46O14. The van der Waals surface area contributed by atoms with Crippen molar-refractivity contribution in [2.24, 2.45) is 11.8 Å². The molecule has 14 nitrogen and oxygen atoms in total. The van der Waals surface area contributed by atoms with Crippen LogP contribution in [0.25, 0.3) is 0 Å². The van der Waals surface area contributed by atoms with Crippen molar-refractivity contribution in [1.29, 1.82) is 0 Å². The first kappa shape index (κ1) is 31.9. The molecule has 5 aliphatic rings. The van der Waals surface area contributed by atoms with Crippen LogP contribution in [-0.2, 0) is 23.7 Å². The summed E-state index contributed by atoms with van der Waals surface area (Å²) in [6, 6.07) is 0. The minimum absolute atomic E-state index is 0.0565. The summed E-state index contributed by atoms with van der Waals surface area (Å²) in [6.07, 6.45) is -12.1. The minimum Gasteiger partial charge on any atom is -0.394 e. The lowest BCUT2D eigenvalue weighted by Crippen LogP contribution is -2.65. The Morgan fingerprint density at radius 1 is 0.537 bits per heavy atom. The van der Waals surface area contributed by atoms with Crippen molar-refractivity contribution in [3.05, 3.63) is 0 Å². The average molecular weight is 595 g/mol. The van der Waals surface area contributed by atoms with E-state index in [0.717, 1.165) is 6.42 Å². The molecule has 15 atom stereocenters. The van der Waals surface area contributed by atoms with Gasteiger partial charge in [-0.25, -0.2) is 0 Å². The summed E-state index contributed by atoms with van der Waals surface area (Å²) < 4.78 is 30.2. The van der Waals surface area contributed by atoms with Gasteiger partial charge in [0.05, 0.1) is 43.7 Å². The SMILES string of the molecule is OC[C@H]1O[C@@H](O[C@H]2[C@H](OC3CC4CCC(O)CC4OC3C3CCC(O)CC3)O[C@H](CO)[C@@H](O)[C@@H]2O)[C@H](O)[C@@H](O)[C@@H]1O. The number of ether oxygens (including phenoxy) is 5. The van der Waals surface area contributed by atoms with Gasteiger partial charge in [-0.1, -0.05) is 0 Å². The van der Waals surface area contributed by atoms with E-state index in [2.05, 4.69) is 0 Å². The quantitative estimate of drug-likeness (QED) is 0.142. The van der Waals surface area contributed by atoms with Gasteiger partial charge >= 0.3 is 0 Å². The van der Waals surface area contributed by atoms with E-state index in [1.165, 1.54) is 0 Å². The molecule has 5 rings (SSSR count). The third-order valence-corrected chi connectivity index (χ3v) is 9.61. The normalized spacial score (nSPS) is 53.0. The molecule has 9 N–H and O–H groups in total. The second kappa shape index (κ2) is 13.6. The topological polar surface area (TPSA) is 228 Å². The molecule has 0 aromatic rings. The van der Waals surface area contributed by atoms with Crippen LogP contribution in [0.4, 0.5) is 0 Å². The van der Waals surface area contributed by atoms with Gasteiger partial charge in [-0.15, -0.1) is 0 Å². The molecule has 3 saturated heterocycles. The van der Waals surface area contributed by atoms with Gasteiger partial charge < -0.3 is 69.6 Å². The summed E-state index contributed by atoms with van der Waals surface area (Å²) in [4.78, 5) is 0. The summed E-state index contributed by atoms with van der Waals surface area (Å²) in [6.45, 7) is -1.31. The van der Waals surface area contributed by atoms with E-state index in [-0.39, 0.29) is 24.0 Å². The van der Waals surface area contributed by atoms with Crippen LogP contribution in [0.15, 0.2) is 0 Å². The van der Waals surface area contributed by atoms with Crippen molar-refractivity contribution in [3.63, 3.8) is 0 Å². The first-order valence-electron chi connectivity index (χ1n) is 14.9. The van der Waals surface area contributed by atoms with Gasteiger partial charge in [-0.2, -0.15) is 0 Å². The lowest BCUT2D eigenvalue weighted by Gasteiger charge is -2.50. The zero-order valence-electron chi connectivity index (χ0n) is 23.0. The Hall–Kier alpha value is -0.560. The Bertz CT molecular complexity index is 826. The molecule has 3 heterocycles. The molecule has 0 aromatic heterocycles. The molecule has 2 aliphatic carbocycles. The standard InChI is InChI=1S/C27H46O14/c28-9-17-19(32)21(34)23(36)26(39-17)41-25-22(35)20(33)18(10-29)40-27(25)38-16-7-12-3-6-14(31)8-15(12)37-24(16)11-1-4-13(30)5-2-11/h11-36H,1-10H2/t11?,12?,13?,14?,15?,16?,17-,18-,19-,20-,21+,22+,23-,24?,25-,26+,27-/m1/s1. The van der Waals surface area contributed by atoms with E-state index in [1.807, 2.05) is 0 Å². The second-order valence-corrected chi connectivity index (χ2v) is 12.3. The van der Waals surface area contributed by atoms with E-state index in [9.17, 15) is 46.0 Å². The highest BCUT2D eigenvalue weighted by Gasteiger charge is 2.53. The molecule has 14 heteroatoms. The van der Waals surface area contributed by atoms with Gasteiger partial charge in [0.1, 0.15) is 48.8 Å². The maximum atomic E-state index is 11.0. The van der Waals surface area contributed by atoms with E-state index in [0.29, 0.717) is 44.9 Å². The smallest absolute Gasteiger partial charge is 0.187 e. The fourth-order valence-electron chi connectivity index (χ4n) is 7.12. The molecule has 0 radical (unpaired) electrons. The molecular weight excluding hydrogens is 548 g/mol. The molecule has 5 unspecified atom stereocenters. The summed E-state index contributed by atoms with van der Waals surface area (Å²) in [7, 11) is 0. The minimum atomic E-state index is -1.76. The highest BCUT2D eigenvalue weighted by molar-refractivity contribution is 4.97. The number of rotatable bonds is 7. The van der Waals surface area contributed by atoms with E-state index in [4.69, 9.17) is 23.7 Å². The van der Waals surface area contributed by atoms with Gasteiger partial charge in [-0.05, 0) is 63.2 Å². The Morgan fingerprint density at radius 3 is 1.78 bits per heavy atom. The molecule has 0 aromatic carbocycles. The van der Waals surface area contributed by atoms with Crippen LogP contribution in [0.5, 0.6) is 0 Å². The zero-order chi connectivity index (χ0) is 29.4.